The van der Waals surface area contributed by atoms with Crippen molar-refractivity contribution in [3.63, 3.8) is 0 Å². The average Bonchev–Trinajstić information content (AvgIpc) is 2.59. The molecule has 1 rings (SSSR count). The van der Waals surface area contributed by atoms with Crippen LogP contribution in [0.1, 0.15) is 47.5 Å². The summed E-state index contributed by atoms with van der Waals surface area (Å²) in [5, 5.41) is 3.53. The molecular formula is C20H36N2O. The molecule has 0 saturated carbocycles. The van der Waals surface area contributed by atoms with Gasteiger partial charge < -0.3 is 15.0 Å². The fourth-order valence-electron chi connectivity index (χ4n) is 2.34. The third-order valence-electron chi connectivity index (χ3n) is 3.87. The molecule has 0 spiro atoms. The van der Waals surface area contributed by atoms with Gasteiger partial charge in [-0.3, -0.25) is 0 Å². The van der Waals surface area contributed by atoms with Crippen molar-refractivity contribution in [2.24, 2.45) is 0 Å². The van der Waals surface area contributed by atoms with Crippen LogP contribution in [-0.4, -0.2) is 37.1 Å². The topological polar surface area (TPSA) is 24.5 Å². The van der Waals surface area contributed by atoms with Crippen molar-refractivity contribution in [2.75, 3.05) is 26.2 Å². The molecule has 0 bridgehead atoms. The largest absolute Gasteiger partial charge is 0.461 e. The van der Waals surface area contributed by atoms with E-state index in [1.807, 2.05) is 45.9 Å². The number of likely N-dealkylation sites (tertiary alicyclic amines) is 1. The Morgan fingerprint density at radius 3 is 2.39 bits per heavy atom. The summed E-state index contributed by atoms with van der Waals surface area (Å²) in [6.07, 6.45) is 8.34. The second kappa shape index (κ2) is 13.1. The van der Waals surface area contributed by atoms with Gasteiger partial charge in [0.1, 0.15) is 11.5 Å². The van der Waals surface area contributed by atoms with Crippen molar-refractivity contribution >= 4 is 0 Å². The molecule has 0 aromatic heterocycles. The number of hydrogen-bond donors (Lipinski definition) is 1. The first-order valence-electron chi connectivity index (χ1n) is 8.87. The minimum absolute atomic E-state index is 0.570. The van der Waals surface area contributed by atoms with Gasteiger partial charge in [0, 0.05) is 6.04 Å². The van der Waals surface area contributed by atoms with Crippen molar-refractivity contribution in [3.8, 4) is 0 Å². The van der Waals surface area contributed by atoms with Crippen molar-refractivity contribution in [1.29, 1.82) is 0 Å². The highest BCUT2D eigenvalue weighted by Gasteiger charge is 2.17. The van der Waals surface area contributed by atoms with Gasteiger partial charge in [0.2, 0.25) is 0 Å². The van der Waals surface area contributed by atoms with E-state index >= 15 is 0 Å². The molecule has 3 heteroatoms. The van der Waals surface area contributed by atoms with E-state index in [4.69, 9.17) is 4.74 Å². The predicted octanol–water partition coefficient (Wildman–Crippen LogP) is 4.65. The van der Waals surface area contributed by atoms with Crippen LogP contribution in [0.5, 0.6) is 0 Å². The van der Waals surface area contributed by atoms with E-state index in [0.29, 0.717) is 18.3 Å². The second-order valence-corrected chi connectivity index (χ2v) is 5.53. The lowest BCUT2D eigenvalue weighted by Gasteiger charge is -2.31. The first-order valence-corrected chi connectivity index (χ1v) is 8.87. The molecule has 1 aliphatic heterocycles. The Labute approximate surface area is 143 Å². The van der Waals surface area contributed by atoms with Crippen LogP contribution in [0.2, 0.25) is 0 Å². The third-order valence-corrected chi connectivity index (χ3v) is 3.87. The molecule has 1 heterocycles. The van der Waals surface area contributed by atoms with E-state index in [-0.39, 0.29) is 0 Å². The molecule has 1 saturated heterocycles. The molecular weight excluding hydrogens is 284 g/mol. The number of allylic oxidation sites excluding steroid dienone is 4. The Balaban J connectivity index is 0.00000232. The second-order valence-electron chi connectivity index (χ2n) is 5.53. The van der Waals surface area contributed by atoms with Crippen molar-refractivity contribution in [3.05, 3.63) is 48.5 Å². The monoisotopic (exact) mass is 320 g/mol. The van der Waals surface area contributed by atoms with Crippen molar-refractivity contribution in [2.45, 2.75) is 53.5 Å². The number of ether oxygens (including phenoxy) is 1. The summed E-state index contributed by atoms with van der Waals surface area (Å²) >= 11 is 0. The average molecular weight is 321 g/mol. The van der Waals surface area contributed by atoms with Gasteiger partial charge >= 0.3 is 0 Å². The number of nitrogens with zero attached hydrogens (tertiary/aromatic N) is 1. The molecule has 1 fully saturated rings. The predicted molar refractivity (Wildman–Crippen MR) is 102 cm³/mol. The Morgan fingerprint density at radius 1 is 1.26 bits per heavy atom. The van der Waals surface area contributed by atoms with Crippen LogP contribution in [0.4, 0.5) is 0 Å². The minimum Gasteiger partial charge on any atom is -0.461 e. The lowest BCUT2D eigenvalue weighted by atomic mass is 10.1. The standard InChI is InChI=1S/C18H30N2O.C2H6/c1-6-8-9-15(3)17(5)21-16(4)14-19-18-10-12-20(7-2)13-11-18;1-2/h6,8-9,18-19H,4-5,7,10-14H2,1-3H3;1-2H3/b8-6-,15-9+;. The quantitative estimate of drug-likeness (QED) is 0.520. The molecule has 0 aromatic rings. The molecule has 0 atom stereocenters. The van der Waals surface area contributed by atoms with Crippen LogP contribution in [0, 0.1) is 0 Å². The third kappa shape index (κ3) is 9.42. The first-order chi connectivity index (χ1) is 11.1. The molecule has 3 nitrogen and oxygen atoms in total. The van der Waals surface area contributed by atoms with Crippen LogP contribution in [0.25, 0.3) is 0 Å². The van der Waals surface area contributed by atoms with E-state index < -0.39 is 0 Å². The Bertz CT molecular complexity index is 402. The van der Waals surface area contributed by atoms with Gasteiger partial charge in [-0.1, -0.05) is 52.2 Å². The zero-order valence-corrected chi connectivity index (χ0v) is 15.8. The van der Waals surface area contributed by atoms with Gasteiger partial charge in [0.05, 0.1) is 6.54 Å². The summed E-state index contributed by atoms with van der Waals surface area (Å²) in [4.78, 5) is 2.49. The smallest absolute Gasteiger partial charge is 0.122 e. The molecule has 0 amide bonds. The van der Waals surface area contributed by atoms with Crippen LogP contribution < -0.4 is 5.32 Å². The van der Waals surface area contributed by atoms with Crippen molar-refractivity contribution in [1.82, 2.24) is 10.2 Å². The van der Waals surface area contributed by atoms with Crippen LogP contribution in [-0.2, 0) is 4.74 Å². The van der Waals surface area contributed by atoms with E-state index in [9.17, 15) is 0 Å². The maximum atomic E-state index is 5.68. The van der Waals surface area contributed by atoms with Gasteiger partial charge in [-0.05, 0) is 51.9 Å². The normalized spacial score (nSPS) is 16.8. The summed E-state index contributed by atoms with van der Waals surface area (Å²) in [6.45, 7) is 22.3. The molecule has 0 radical (unpaired) electrons. The van der Waals surface area contributed by atoms with Crippen LogP contribution >= 0.6 is 0 Å². The SMILES string of the molecule is C=C(CNC1CCN(CC)CC1)OC(=C)/C(C)=C/C=C\C.CC. The van der Waals surface area contributed by atoms with Crippen LogP contribution in [0.3, 0.4) is 0 Å². The number of piperidine rings is 1. The van der Waals surface area contributed by atoms with Gasteiger partial charge in [-0.25, -0.2) is 0 Å². The fourth-order valence-corrected chi connectivity index (χ4v) is 2.34. The van der Waals surface area contributed by atoms with Crippen LogP contribution in [0.15, 0.2) is 48.5 Å². The fraction of sp³-hybridized carbons (Fsp3) is 0.600. The first kappa shape index (κ1) is 21.7. The van der Waals surface area contributed by atoms with E-state index in [1.54, 1.807) is 0 Å². The molecule has 1 aliphatic rings. The van der Waals surface area contributed by atoms with E-state index in [2.05, 4.69) is 30.3 Å². The van der Waals surface area contributed by atoms with Gasteiger partial charge in [0.25, 0.3) is 0 Å². The molecule has 1 N–H and O–H groups in total. The highest BCUT2D eigenvalue weighted by atomic mass is 16.5. The maximum Gasteiger partial charge on any atom is 0.122 e. The van der Waals surface area contributed by atoms with E-state index in [1.165, 1.54) is 25.9 Å². The summed E-state index contributed by atoms with van der Waals surface area (Å²) in [5.74, 6) is 1.40. The highest BCUT2D eigenvalue weighted by molar-refractivity contribution is 5.26. The molecule has 0 unspecified atom stereocenters. The number of hydrogen-bond acceptors (Lipinski definition) is 3. The molecule has 23 heavy (non-hydrogen) atoms. The Hall–Kier alpha value is -1.32. The number of nitrogens with one attached hydrogen (secondary N) is 1. The lowest BCUT2D eigenvalue weighted by molar-refractivity contribution is 0.203. The molecule has 0 aliphatic carbocycles. The van der Waals surface area contributed by atoms with Gasteiger partial charge in [0.15, 0.2) is 0 Å². The Kier molecular flexibility index (Phi) is 12.4. The zero-order chi connectivity index (χ0) is 17.7. The van der Waals surface area contributed by atoms with Gasteiger partial charge in [-0.2, -0.15) is 0 Å². The summed E-state index contributed by atoms with van der Waals surface area (Å²) < 4.78 is 5.68. The summed E-state index contributed by atoms with van der Waals surface area (Å²) in [7, 11) is 0. The molecule has 0 aromatic carbocycles. The van der Waals surface area contributed by atoms with Gasteiger partial charge in [-0.15, -0.1) is 0 Å². The summed E-state index contributed by atoms with van der Waals surface area (Å²) in [6, 6.07) is 0.570. The Morgan fingerprint density at radius 2 is 1.87 bits per heavy atom. The minimum atomic E-state index is 0.570. The summed E-state index contributed by atoms with van der Waals surface area (Å²) in [5.41, 5.74) is 1.02. The van der Waals surface area contributed by atoms with Crippen molar-refractivity contribution < 1.29 is 4.74 Å². The van der Waals surface area contributed by atoms with E-state index in [0.717, 1.165) is 17.9 Å². The number of rotatable bonds is 8. The zero-order valence-electron chi connectivity index (χ0n) is 15.8. The highest BCUT2D eigenvalue weighted by Crippen LogP contribution is 2.14. The molecule has 132 valence electrons. The lowest BCUT2D eigenvalue weighted by Crippen LogP contribution is -2.42. The maximum absolute atomic E-state index is 5.68.